The normalized spacial score (nSPS) is 11.4. The Balaban J connectivity index is 1.79. The first-order valence-corrected chi connectivity index (χ1v) is 9.29. The fraction of sp³-hybridized carbons (Fsp3) is 0.250. The molecule has 148 valence electrons. The van der Waals surface area contributed by atoms with Crippen molar-refractivity contribution in [2.75, 3.05) is 11.5 Å². The minimum Gasteiger partial charge on any atom is -0.383 e. The van der Waals surface area contributed by atoms with Crippen molar-refractivity contribution >= 4 is 17.4 Å². The second kappa shape index (κ2) is 7.42. The van der Waals surface area contributed by atoms with Crippen LogP contribution in [-0.4, -0.2) is 29.5 Å². The first-order chi connectivity index (χ1) is 13.9. The monoisotopic (exact) mass is 392 g/mol. The summed E-state index contributed by atoms with van der Waals surface area (Å²) in [7, 11) is 0. The fourth-order valence-corrected chi connectivity index (χ4v) is 3.37. The van der Waals surface area contributed by atoms with E-state index in [-0.39, 0.29) is 11.9 Å². The number of anilines is 2. The number of aromatic nitrogens is 6. The topological polar surface area (TPSA) is 121 Å². The molecule has 9 heteroatoms. The van der Waals surface area contributed by atoms with Crippen molar-refractivity contribution < 1.29 is 4.39 Å². The molecule has 4 aromatic rings. The Morgan fingerprint density at radius 2 is 1.97 bits per heavy atom. The minimum atomic E-state index is -0.461. The highest BCUT2D eigenvalue weighted by Crippen LogP contribution is 2.28. The van der Waals surface area contributed by atoms with Gasteiger partial charge in [0.05, 0.1) is 11.9 Å². The lowest BCUT2D eigenvalue weighted by Crippen LogP contribution is -2.06. The lowest BCUT2D eigenvalue weighted by Gasteiger charge is -2.08. The van der Waals surface area contributed by atoms with Crippen molar-refractivity contribution in [2.24, 2.45) is 0 Å². The van der Waals surface area contributed by atoms with Crippen molar-refractivity contribution in [2.45, 2.75) is 32.6 Å². The zero-order valence-electron chi connectivity index (χ0n) is 16.2. The number of hydrogen-bond acceptors (Lipinski definition) is 7. The molecule has 0 saturated carbocycles. The third-order valence-corrected chi connectivity index (χ3v) is 4.72. The molecule has 0 radical (unpaired) electrons. The predicted molar refractivity (Wildman–Crippen MR) is 109 cm³/mol. The van der Waals surface area contributed by atoms with Crippen LogP contribution in [0.5, 0.6) is 0 Å². The number of hydrogen-bond donors (Lipinski definition) is 2. The van der Waals surface area contributed by atoms with Crippen LogP contribution in [0, 0.1) is 5.82 Å². The molecule has 4 rings (SSSR count). The lowest BCUT2D eigenvalue weighted by atomic mass is 9.99. The summed E-state index contributed by atoms with van der Waals surface area (Å²) in [6.45, 7) is 4.14. The summed E-state index contributed by atoms with van der Waals surface area (Å²) in [6.07, 6.45) is 5.65. The van der Waals surface area contributed by atoms with Crippen LogP contribution in [0.15, 0.2) is 36.8 Å². The molecular weight excluding hydrogens is 371 g/mol. The number of fused-ring (bicyclic) bond motifs is 1. The molecule has 4 heterocycles. The smallest absolute Gasteiger partial charge is 0.225 e. The van der Waals surface area contributed by atoms with Gasteiger partial charge in [-0.15, -0.1) is 0 Å². The summed E-state index contributed by atoms with van der Waals surface area (Å²) < 4.78 is 15.1. The molecule has 0 spiro atoms. The number of nitrogens with two attached hydrogens (primary N) is 2. The van der Waals surface area contributed by atoms with E-state index in [9.17, 15) is 4.39 Å². The van der Waals surface area contributed by atoms with Crippen LogP contribution in [0.25, 0.3) is 17.0 Å². The van der Waals surface area contributed by atoms with Gasteiger partial charge in [-0.25, -0.2) is 14.4 Å². The fourth-order valence-electron chi connectivity index (χ4n) is 3.37. The Morgan fingerprint density at radius 3 is 2.69 bits per heavy atom. The summed E-state index contributed by atoms with van der Waals surface area (Å²) in [6, 6.07) is 5.15. The maximum absolute atomic E-state index is 13.6. The summed E-state index contributed by atoms with van der Waals surface area (Å²) in [4.78, 5) is 16.9. The summed E-state index contributed by atoms with van der Waals surface area (Å²) in [5, 5.41) is 4.65. The third-order valence-electron chi connectivity index (χ3n) is 4.72. The van der Waals surface area contributed by atoms with E-state index in [0.29, 0.717) is 35.7 Å². The maximum Gasteiger partial charge on any atom is 0.225 e. The lowest BCUT2D eigenvalue weighted by molar-refractivity contribution is 0.622. The Bertz CT molecular complexity index is 1180. The molecular formula is C20H21FN8. The van der Waals surface area contributed by atoms with Crippen molar-refractivity contribution in [1.82, 2.24) is 29.5 Å². The molecule has 0 aromatic carbocycles. The van der Waals surface area contributed by atoms with E-state index >= 15 is 0 Å². The van der Waals surface area contributed by atoms with Crippen molar-refractivity contribution in [1.29, 1.82) is 0 Å². The predicted octanol–water partition coefficient (Wildman–Crippen LogP) is 2.79. The van der Waals surface area contributed by atoms with E-state index in [0.717, 1.165) is 23.0 Å². The molecule has 0 aliphatic heterocycles. The quantitative estimate of drug-likeness (QED) is 0.535. The van der Waals surface area contributed by atoms with Crippen LogP contribution in [0.3, 0.4) is 0 Å². The average molecular weight is 392 g/mol. The molecule has 0 aliphatic carbocycles. The Hall–Kier alpha value is -3.62. The Kier molecular flexibility index (Phi) is 4.79. The SMILES string of the molecule is CC(C)c1c(CCc2cccnc2N)nn2c(N)nc(-c3cncc(F)c3)nc12. The van der Waals surface area contributed by atoms with E-state index in [2.05, 4.69) is 38.9 Å². The largest absolute Gasteiger partial charge is 0.383 e. The van der Waals surface area contributed by atoms with Gasteiger partial charge in [0.1, 0.15) is 11.6 Å². The summed E-state index contributed by atoms with van der Waals surface area (Å²) in [5.74, 6) is 0.705. The van der Waals surface area contributed by atoms with Crippen LogP contribution in [0.2, 0.25) is 0 Å². The molecule has 4 N–H and O–H groups in total. The molecule has 0 amide bonds. The molecule has 8 nitrogen and oxygen atoms in total. The number of pyridine rings is 2. The zero-order valence-corrected chi connectivity index (χ0v) is 16.2. The first kappa shape index (κ1) is 18.7. The Labute approximate surface area is 166 Å². The van der Waals surface area contributed by atoms with Gasteiger partial charge in [0.25, 0.3) is 0 Å². The molecule has 0 fully saturated rings. The van der Waals surface area contributed by atoms with Gasteiger partial charge in [0, 0.05) is 23.5 Å². The molecule has 0 unspecified atom stereocenters. The van der Waals surface area contributed by atoms with Gasteiger partial charge >= 0.3 is 0 Å². The van der Waals surface area contributed by atoms with Gasteiger partial charge in [-0.05, 0) is 36.5 Å². The Morgan fingerprint density at radius 1 is 1.14 bits per heavy atom. The van der Waals surface area contributed by atoms with Gasteiger partial charge in [-0.3, -0.25) is 4.98 Å². The third kappa shape index (κ3) is 3.58. The zero-order chi connectivity index (χ0) is 20.5. The summed E-state index contributed by atoms with van der Waals surface area (Å²) in [5.41, 5.74) is 16.0. The first-order valence-electron chi connectivity index (χ1n) is 9.29. The highest BCUT2D eigenvalue weighted by Gasteiger charge is 2.20. The van der Waals surface area contributed by atoms with Gasteiger partial charge in [-0.2, -0.15) is 14.6 Å². The average Bonchev–Trinajstić information content (AvgIpc) is 3.06. The van der Waals surface area contributed by atoms with E-state index < -0.39 is 5.82 Å². The molecule has 0 aliphatic rings. The molecule has 4 aromatic heterocycles. The second-order valence-electron chi connectivity index (χ2n) is 7.10. The number of aryl methyl sites for hydroxylation is 2. The van der Waals surface area contributed by atoms with E-state index in [1.54, 1.807) is 6.20 Å². The highest BCUT2D eigenvalue weighted by atomic mass is 19.1. The standard InChI is InChI=1S/C20H21FN8/c1-11(2)16-15(6-5-12-4-3-7-25-17(12)22)28-29-19(16)26-18(27-20(29)23)13-8-14(21)10-24-9-13/h3-4,7-11H,5-6H2,1-2H3,(H2,22,25)(H2,23,26,27). The minimum absolute atomic E-state index is 0.154. The summed E-state index contributed by atoms with van der Waals surface area (Å²) >= 11 is 0. The van der Waals surface area contributed by atoms with Gasteiger partial charge < -0.3 is 11.5 Å². The van der Waals surface area contributed by atoms with Gasteiger partial charge in [0.2, 0.25) is 5.95 Å². The van der Waals surface area contributed by atoms with Crippen molar-refractivity contribution in [3.8, 4) is 11.4 Å². The molecule has 0 bridgehead atoms. The molecule has 0 saturated heterocycles. The van der Waals surface area contributed by atoms with Gasteiger partial charge in [-0.1, -0.05) is 19.9 Å². The van der Waals surface area contributed by atoms with E-state index in [4.69, 9.17) is 11.5 Å². The van der Waals surface area contributed by atoms with Crippen LogP contribution in [-0.2, 0) is 12.8 Å². The van der Waals surface area contributed by atoms with E-state index in [1.165, 1.54) is 16.8 Å². The van der Waals surface area contributed by atoms with Crippen LogP contribution >= 0.6 is 0 Å². The van der Waals surface area contributed by atoms with E-state index in [1.807, 2.05) is 12.1 Å². The number of nitrogens with zero attached hydrogens (tertiary/aromatic N) is 6. The van der Waals surface area contributed by atoms with Crippen LogP contribution in [0.4, 0.5) is 16.2 Å². The van der Waals surface area contributed by atoms with Gasteiger partial charge in [0.15, 0.2) is 11.5 Å². The maximum atomic E-state index is 13.6. The van der Waals surface area contributed by atoms with Crippen molar-refractivity contribution in [3.05, 3.63) is 59.4 Å². The highest BCUT2D eigenvalue weighted by molar-refractivity contribution is 5.62. The number of nitrogen functional groups attached to an aromatic ring is 2. The molecule has 0 atom stereocenters. The second-order valence-corrected chi connectivity index (χ2v) is 7.10. The molecule has 29 heavy (non-hydrogen) atoms. The number of rotatable bonds is 5. The number of halogens is 1. The van der Waals surface area contributed by atoms with Crippen molar-refractivity contribution in [3.63, 3.8) is 0 Å². The van der Waals surface area contributed by atoms with Crippen LogP contribution in [0.1, 0.15) is 36.6 Å². The van der Waals surface area contributed by atoms with Crippen LogP contribution < -0.4 is 11.5 Å².